The minimum Gasteiger partial charge on any atom is -0.478 e. The third-order valence-electron chi connectivity index (χ3n) is 2.10. The molecule has 1 aromatic carbocycles. The highest BCUT2D eigenvalue weighted by atomic mass is 16.4. The van der Waals surface area contributed by atoms with Crippen molar-refractivity contribution in [1.82, 2.24) is 5.32 Å². The van der Waals surface area contributed by atoms with Crippen LogP contribution in [0.5, 0.6) is 0 Å². The van der Waals surface area contributed by atoms with Gasteiger partial charge in [-0.05, 0) is 17.7 Å². The van der Waals surface area contributed by atoms with Crippen molar-refractivity contribution in [3.8, 4) is 0 Å². The number of nitrogen functional groups attached to an aromatic ring is 1. The minimum absolute atomic E-state index is 0.108. The second-order valence-corrected chi connectivity index (χ2v) is 3.49. The van der Waals surface area contributed by atoms with Crippen LogP contribution in [-0.2, 0) is 4.79 Å². The Hall–Kier alpha value is -2.30. The number of carboxylic acid groups (broad SMARTS) is 1. The third kappa shape index (κ3) is 3.98. The van der Waals surface area contributed by atoms with Gasteiger partial charge in [0.1, 0.15) is 0 Å². The van der Waals surface area contributed by atoms with Gasteiger partial charge in [0, 0.05) is 19.2 Å². The number of aromatic carboxylic acids is 1. The zero-order valence-electron chi connectivity index (χ0n) is 9.43. The summed E-state index contributed by atoms with van der Waals surface area (Å²) in [6.45, 7) is 1.85. The Labute approximate surface area is 98.9 Å². The third-order valence-corrected chi connectivity index (χ3v) is 2.10. The lowest BCUT2D eigenvalue weighted by molar-refractivity contribution is -0.118. The van der Waals surface area contributed by atoms with Gasteiger partial charge in [-0.3, -0.25) is 4.79 Å². The highest BCUT2D eigenvalue weighted by Crippen LogP contribution is 2.15. The number of carboxylic acids is 1. The predicted molar refractivity (Wildman–Crippen MR) is 65.5 cm³/mol. The molecule has 4 N–H and O–H groups in total. The number of hydrogen-bond acceptors (Lipinski definition) is 3. The lowest BCUT2D eigenvalue weighted by Crippen LogP contribution is -2.19. The first-order chi connectivity index (χ1) is 8.00. The van der Waals surface area contributed by atoms with Gasteiger partial charge in [-0.25, -0.2) is 4.79 Å². The number of rotatable bonds is 4. The fourth-order valence-corrected chi connectivity index (χ4v) is 1.25. The van der Waals surface area contributed by atoms with Crippen LogP contribution in [0.2, 0.25) is 0 Å². The van der Waals surface area contributed by atoms with E-state index in [0.29, 0.717) is 12.2 Å². The molecule has 0 spiro atoms. The minimum atomic E-state index is -1.01. The van der Waals surface area contributed by atoms with Crippen LogP contribution in [0.4, 0.5) is 5.69 Å². The van der Waals surface area contributed by atoms with Gasteiger partial charge < -0.3 is 16.2 Å². The molecule has 17 heavy (non-hydrogen) atoms. The average Bonchev–Trinajstić information content (AvgIpc) is 2.25. The Morgan fingerprint density at radius 3 is 2.71 bits per heavy atom. The van der Waals surface area contributed by atoms with Crippen LogP contribution in [0.3, 0.4) is 0 Å². The number of hydrogen-bond donors (Lipinski definition) is 3. The van der Waals surface area contributed by atoms with Gasteiger partial charge in [-0.15, -0.1) is 0 Å². The normalized spacial score (nSPS) is 10.4. The number of nitrogens with two attached hydrogens (primary N) is 1. The van der Waals surface area contributed by atoms with E-state index < -0.39 is 5.97 Å². The van der Waals surface area contributed by atoms with Gasteiger partial charge >= 0.3 is 5.97 Å². The first kappa shape index (κ1) is 12.8. The predicted octanol–water partition coefficient (Wildman–Crippen LogP) is 1.12. The van der Waals surface area contributed by atoms with E-state index in [4.69, 9.17) is 10.8 Å². The zero-order chi connectivity index (χ0) is 12.8. The van der Waals surface area contributed by atoms with E-state index in [9.17, 15) is 9.59 Å². The highest BCUT2D eigenvalue weighted by molar-refractivity contribution is 5.89. The van der Waals surface area contributed by atoms with Crippen LogP contribution in [0.25, 0.3) is 6.08 Å². The molecule has 1 aromatic rings. The van der Waals surface area contributed by atoms with Gasteiger partial charge in [0.15, 0.2) is 0 Å². The summed E-state index contributed by atoms with van der Waals surface area (Å²) in [5.74, 6) is -1.12. The van der Waals surface area contributed by atoms with Crippen LogP contribution >= 0.6 is 0 Å². The standard InChI is InChI=1S/C12H14N2O3/c1-8(15)14-6-2-3-9-4-5-10(12(16)17)7-11(9)13/h2-5,7H,6,13H2,1H3,(H,14,15)(H,16,17). The summed E-state index contributed by atoms with van der Waals surface area (Å²) >= 11 is 0. The molecular formula is C12H14N2O3. The molecule has 0 aliphatic rings. The lowest BCUT2D eigenvalue weighted by atomic mass is 10.1. The van der Waals surface area contributed by atoms with Crippen molar-refractivity contribution in [3.63, 3.8) is 0 Å². The fourth-order valence-electron chi connectivity index (χ4n) is 1.25. The zero-order valence-corrected chi connectivity index (χ0v) is 9.43. The molecule has 90 valence electrons. The largest absolute Gasteiger partial charge is 0.478 e. The second kappa shape index (κ2) is 5.69. The number of nitrogens with one attached hydrogen (secondary N) is 1. The number of carbonyl (C=O) groups excluding carboxylic acids is 1. The first-order valence-electron chi connectivity index (χ1n) is 5.04. The summed E-state index contributed by atoms with van der Waals surface area (Å²) < 4.78 is 0. The Morgan fingerprint density at radius 2 is 2.18 bits per heavy atom. The van der Waals surface area contributed by atoms with E-state index in [-0.39, 0.29) is 11.5 Å². The first-order valence-corrected chi connectivity index (χ1v) is 5.04. The van der Waals surface area contributed by atoms with Crippen LogP contribution in [0.1, 0.15) is 22.8 Å². The molecule has 0 saturated heterocycles. The van der Waals surface area contributed by atoms with Crippen molar-refractivity contribution in [3.05, 3.63) is 35.4 Å². The molecule has 0 fully saturated rings. The maximum absolute atomic E-state index is 10.7. The lowest BCUT2D eigenvalue weighted by Gasteiger charge is -2.02. The molecule has 0 aromatic heterocycles. The molecule has 0 aliphatic carbocycles. The van der Waals surface area contributed by atoms with E-state index in [1.54, 1.807) is 18.2 Å². The van der Waals surface area contributed by atoms with Crippen molar-refractivity contribution in [2.75, 3.05) is 12.3 Å². The molecule has 0 radical (unpaired) electrons. The number of amides is 1. The highest BCUT2D eigenvalue weighted by Gasteiger charge is 2.04. The molecule has 0 heterocycles. The van der Waals surface area contributed by atoms with E-state index >= 15 is 0 Å². The summed E-state index contributed by atoms with van der Waals surface area (Å²) in [6.07, 6.45) is 3.48. The second-order valence-electron chi connectivity index (χ2n) is 3.49. The van der Waals surface area contributed by atoms with E-state index in [2.05, 4.69) is 5.32 Å². The molecule has 0 saturated carbocycles. The topological polar surface area (TPSA) is 92.4 Å². The van der Waals surface area contributed by atoms with Crippen molar-refractivity contribution < 1.29 is 14.7 Å². The smallest absolute Gasteiger partial charge is 0.335 e. The number of carbonyl (C=O) groups is 2. The van der Waals surface area contributed by atoms with Crippen molar-refractivity contribution >= 4 is 23.6 Å². The van der Waals surface area contributed by atoms with Gasteiger partial charge in [0.05, 0.1) is 5.56 Å². The SMILES string of the molecule is CC(=O)NCC=Cc1ccc(C(=O)O)cc1N. The van der Waals surface area contributed by atoms with Crippen LogP contribution in [-0.4, -0.2) is 23.5 Å². The Bertz CT molecular complexity index is 467. The monoisotopic (exact) mass is 234 g/mol. The van der Waals surface area contributed by atoms with Gasteiger partial charge in [-0.1, -0.05) is 18.2 Å². The van der Waals surface area contributed by atoms with E-state index in [1.165, 1.54) is 19.1 Å². The fraction of sp³-hybridized carbons (Fsp3) is 0.167. The van der Waals surface area contributed by atoms with E-state index in [1.807, 2.05) is 0 Å². The van der Waals surface area contributed by atoms with Crippen LogP contribution in [0, 0.1) is 0 Å². The molecule has 5 heteroatoms. The van der Waals surface area contributed by atoms with E-state index in [0.717, 1.165) is 5.56 Å². The van der Waals surface area contributed by atoms with Gasteiger partial charge in [0.25, 0.3) is 0 Å². The molecule has 5 nitrogen and oxygen atoms in total. The summed E-state index contributed by atoms with van der Waals surface area (Å²) in [4.78, 5) is 21.3. The molecular weight excluding hydrogens is 220 g/mol. The van der Waals surface area contributed by atoms with Crippen LogP contribution in [0.15, 0.2) is 24.3 Å². The maximum atomic E-state index is 10.7. The molecule has 1 amide bonds. The molecule has 0 unspecified atom stereocenters. The average molecular weight is 234 g/mol. The van der Waals surface area contributed by atoms with Crippen molar-refractivity contribution in [2.45, 2.75) is 6.92 Å². The van der Waals surface area contributed by atoms with Crippen molar-refractivity contribution in [2.24, 2.45) is 0 Å². The Balaban J connectivity index is 2.72. The molecule has 1 rings (SSSR count). The van der Waals surface area contributed by atoms with Crippen molar-refractivity contribution in [1.29, 1.82) is 0 Å². The maximum Gasteiger partial charge on any atom is 0.335 e. The van der Waals surface area contributed by atoms with Gasteiger partial charge in [-0.2, -0.15) is 0 Å². The number of benzene rings is 1. The summed E-state index contributed by atoms with van der Waals surface area (Å²) in [5, 5.41) is 11.4. The van der Waals surface area contributed by atoms with Crippen LogP contribution < -0.4 is 11.1 Å². The van der Waals surface area contributed by atoms with Gasteiger partial charge in [0.2, 0.25) is 5.91 Å². The molecule has 0 atom stereocenters. The molecule has 0 aliphatic heterocycles. The molecule has 0 bridgehead atoms. The number of anilines is 1. The summed E-state index contributed by atoms with van der Waals surface area (Å²) in [7, 11) is 0. The Morgan fingerprint density at radius 1 is 1.47 bits per heavy atom. The summed E-state index contributed by atoms with van der Waals surface area (Å²) in [6, 6.07) is 4.51. The quantitative estimate of drug-likeness (QED) is 0.680. The Kier molecular flexibility index (Phi) is 4.28. The summed E-state index contributed by atoms with van der Waals surface area (Å²) in [5.41, 5.74) is 6.97.